The normalized spacial score (nSPS) is 11.5. The molecule has 144 valence electrons. The minimum absolute atomic E-state index is 0.523. The van der Waals surface area contributed by atoms with Crippen molar-refractivity contribution in [3.63, 3.8) is 0 Å². The van der Waals surface area contributed by atoms with Crippen molar-refractivity contribution in [1.82, 2.24) is 15.0 Å². The van der Waals surface area contributed by atoms with E-state index in [1.165, 1.54) is 0 Å². The molecule has 0 saturated heterocycles. The maximum absolute atomic E-state index is 5.83. The van der Waals surface area contributed by atoms with Crippen molar-refractivity contribution in [3.8, 4) is 17.1 Å². The van der Waals surface area contributed by atoms with Crippen LogP contribution in [0.2, 0.25) is 0 Å². The lowest BCUT2D eigenvalue weighted by Crippen LogP contribution is -2.01. The van der Waals surface area contributed by atoms with Gasteiger partial charge in [0.25, 0.3) is 0 Å². The summed E-state index contributed by atoms with van der Waals surface area (Å²) in [5, 5.41) is 2.21. The van der Waals surface area contributed by atoms with E-state index in [-0.39, 0.29) is 0 Å². The average Bonchev–Trinajstić information content (AvgIpc) is 2.79. The van der Waals surface area contributed by atoms with Crippen LogP contribution >= 0.6 is 0 Å². The van der Waals surface area contributed by atoms with Gasteiger partial charge in [-0.1, -0.05) is 42.5 Å². The topological polar surface area (TPSA) is 73.9 Å². The first kappa shape index (κ1) is 18.6. The highest BCUT2D eigenvalue weighted by molar-refractivity contribution is 5.85. The van der Waals surface area contributed by atoms with E-state index < -0.39 is 0 Å². The Kier molecular flexibility index (Phi) is 5.76. The molecule has 2 aromatic heterocycles. The number of rotatable bonds is 7. The van der Waals surface area contributed by atoms with Gasteiger partial charge in [-0.3, -0.25) is 9.97 Å². The molecule has 2 heterocycles. The van der Waals surface area contributed by atoms with E-state index in [4.69, 9.17) is 10.5 Å². The van der Waals surface area contributed by atoms with Gasteiger partial charge >= 0.3 is 0 Å². The lowest BCUT2D eigenvalue weighted by molar-refractivity contribution is 0.300. The summed E-state index contributed by atoms with van der Waals surface area (Å²) in [4.78, 5) is 13.0. The van der Waals surface area contributed by atoms with Crippen molar-refractivity contribution in [2.75, 3.05) is 6.61 Å². The number of hydrogen-bond donors (Lipinski definition) is 1. The highest BCUT2D eigenvalue weighted by Gasteiger charge is 2.05. The van der Waals surface area contributed by atoms with Gasteiger partial charge in [-0.05, 0) is 47.7 Å². The second kappa shape index (κ2) is 8.97. The first-order valence-electron chi connectivity index (χ1n) is 9.59. The molecule has 5 nitrogen and oxygen atoms in total. The molecular weight excluding hydrogens is 360 g/mol. The Morgan fingerprint density at radius 3 is 2.69 bits per heavy atom. The molecular formula is C24H22N4O. The third kappa shape index (κ3) is 4.58. The van der Waals surface area contributed by atoms with Gasteiger partial charge in [0.1, 0.15) is 0 Å². The predicted molar refractivity (Wildman–Crippen MR) is 116 cm³/mol. The molecule has 5 heteroatoms. The van der Waals surface area contributed by atoms with Crippen molar-refractivity contribution in [2.45, 2.75) is 12.8 Å². The van der Waals surface area contributed by atoms with Crippen LogP contribution in [0, 0.1) is 0 Å². The second-order valence-corrected chi connectivity index (χ2v) is 6.69. The molecule has 0 bridgehead atoms. The molecule has 0 atom stereocenters. The lowest BCUT2D eigenvalue weighted by atomic mass is 10.0. The van der Waals surface area contributed by atoms with Gasteiger partial charge in [0.15, 0.2) is 0 Å². The molecule has 2 aromatic carbocycles. The maximum atomic E-state index is 5.83. The summed E-state index contributed by atoms with van der Waals surface area (Å²) in [7, 11) is 0. The van der Waals surface area contributed by atoms with Crippen LogP contribution in [0.15, 0.2) is 85.6 Å². The number of pyridine rings is 1. The van der Waals surface area contributed by atoms with Gasteiger partial charge in [0.2, 0.25) is 5.88 Å². The summed E-state index contributed by atoms with van der Waals surface area (Å²) in [6.07, 6.45) is 10.4. The molecule has 0 aliphatic rings. The SMILES string of the molecule is N/C=C(/CCCOc1cncc(-c2ccc3cnccc3c2)n1)c1ccccc1. The summed E-state index contributed by atoms with van der Waals surface area (Å²) in [6, 6.07) is 18.3. The van der Waals surface area contributed by atoms with Crippen LogP contribution in [0.4, 0.5) is 0 Å². The van der Waals surface area contributed by atoms with Crippen LogP contribution in [0.5, 0.6) is 5.88 Å². The molecule has 0 amide bonds. The van der Waals surface area contributed by atoms with Crippen molar-refractivity contribution in [1.29, 1.82) is 0 Å². The van der Waals surface area contributed by atoms with Crippen LogP contribution in [0.1, 0.15) is 18.4 Å². The Labute approximate surface area is 169 Å². The number of aromatic nitrogens is 3. The molecule has 0 fully saturated rings. The van der Waals surface area contributed by atoms with E-state index in [0.717, 1.165) is 46.0 Å². The lowest BCUT2D eigenvalue weighted by Gasteiger charge is -2.09. The minimum atomic E-state index is 0.523. The number of nitrogens with zero attached hydrogens (tertiary/aromatic N) is 3. The van der Waals surface area contributed by atoms with E-state index in [1.54, 1.807) is 24.8 Å². The van der Waals surface area contributed by atoms with E-state index in [1.807, 2.05) is 42.6 Å². The number of benzene rings is 2. The first-order chi connectivity index (χ1) is 14.3. The third-order valence-corrected chi connectivity index (χ3v) is 4.73. The van der Waals surface area contributed by atoms with Crippen LogP contribution in [-0.2, 0) is 0 Å². The van der Waals surface area contributed by atoms with Gasteiger partial charge < -0.3 is 10.5 Å². The monoisotopic (exact) mass is 382 g/mol. The minimum Gasteiger partial charge on any atom is -0.477 e. The largest absolute Gasteiger partial charge is 0.477 e. The molecule has 0 unspecified atom stereocenters. The zero-order valence-corrected chi connectivity index (χ0v) is 16.0. The highest BCUT2D eigenvalue weighted by Crippen LogP contribution is 2.24. The standard InChI is InChI=1S/C24H22N4O/c25-14-21(18-5-2-1-3-6-18)7-4-12-29-24-17-27-16-23(28-24)20-8-9-22-15-26-11-10-19(22)13-20/h1-3,5-6,8-11,13-17H,4,7,12,25H2/b21-14-. The fourth-order valence-corrected chi connectivity index (χ4v) is 3.21. The Morgan fingerprint density at radius 1 is 0.931 bits per heavy atom. The summed E-state index contributed by atoms with van der Waals surface area (Å²) in [6.45, 7) is 0.547. The van der Waals surface area contributed by atoms with E-state index in [9.17, 15) is 0 Å². The number of allylic oxidation sites excluding steroid dienone is 1. The van der Waals surface area contributed by atoms with Crippen LogP contribution in [0.25, 0.3) is 27.6 Å². The van der Waals surface area contributed by atoms with Crippen LogP contribution in [0.3, 0.4) is 0 Å². The molecule has 4 rings (SSSR count). The molecule has 0 aliphatic carbocycles. The van der Waals surface area contributed by atoms with Gasteiger partial charge in [0, 0.05) is 23.3 Å². The molecule has 0 saturated carbocycles. The van der Waals surface area contributed by atoms with E-state index >= 15 is 0 Å². The third-order valence-electron chi connectivity index (χ3n) is 4.73. The van der Waals surface area contributed by atoms with Crippen molar-refractivity contribution in [3.05, 3.63) is 91.1 Å². The van der Waals surface area contributed by atoms with Crippen molar-refractivity contribution in [2.24, 2.45) is 5.73 Å². The zero-order chi connectivity index (χ0) is 19.9. The molecule has 0 radical (unpaired) electrons. The molecule has 0 aliphatic heterocycles. The number of fused-ring (bicyclic) bond motifs is 1. The van der Waals surface area contributed by atoms with Gasteiger partial charge in [-0.25, -0.2) is 4.98 Å². The summed E-state index contributed by atoms with van der Waals surface area (Å²) in [5.41, 5.74) is 9.83. The predicted octanol–water partition coefficient (Wildman–Crippen LogP) is 4.85. The summed E-state index contributed by atoms with van der Waals surface area (Å²) < 4.78 is 5.83. The Balaban J connectivity index is 1.39. The van der Waals surface area contributed by atoms with Crippen LogP contribution < -0.4 is 10.5 Å². The quantitative estimate of drug-likeness (QED) is 0.463. The number of ether oxygens (including phenoxy) is 1. The Morgan fingerprint density at radius 2 is 1.83 bits per heavy atom. The zero-order valence-electron chi connectivity index (χ0n) is 16.0. The average molecular weight is 382 g/mol. The number of nitrogens with two attached hydrogens (primary N) is 1. The second-order valence-electron chi connectivity index (χ2n) is 6.69. The first-order valence-corrected chi connectivity index (χ1v) is 9.59. The fourth-order valence-electron chi connectivity index (χ4n) is 3.21. The van der Waals surface area contributed by atoms with Gasteiger partial charge in [-0.2, -0.15) is 0 Å². The Hall–Kier alpha value is -3.73. The maximum Gasteiger partial charge on any atom is 0.232 e. The van der Waals surface area contributed by atoms with E-state index in [2.05, 4.69) is 33.2 Å². The van der Waals surface area contributed by atoms with Gasteiger partial charge in [-0.15, -0.1) is 0 Å². The molecule has 4 aromatic rings. The Bertz CT molecular complexity index is 1130. The molecule has 2 N–H and O–H groups in total. The van der Waals surface area contributed by atoms with Crippen LogP contribution in [-0.4, -0.2) is 21.6 Å². The molecule has 0 spiro atoms. The summed E-state index contributed by atoms with van der Waals surface area (Å²) in [5.74, 6) is 0.523. The molecule has 29 heavy (non-hydrogen) atoms. The van der Waals surface area contributed by atoms with Crippen molar-refractivity contribution >= 4 is 16.3 Å². The van der Waals surface area contributed by atoms with E-state index in [0.29, 0.717) is 12.5 Å². The highest BCUT2D eigenvalue weighted by atomic mass is 16.5. The fraction of sp³-hybridized carbons (Fsp3) is 0.125. The smallest absolute Gasteiger partial charge is 0.232 e. The summed E-state index contributed by atoms with van der Waals surface area (Å²) >= 11 is 0. The van der Waals surface area contributed by atoms with Gasteiger partial charge in [0.05, 0.1) is 24.7 Å². The van der Waals surface area contributed by atoms with Crippen molar-refractivity contribution < 1.29 is 4.74 Å². The number of hydrogen-bond acceptors (Lipinski definition) is 5.